The molecule has 1 unspecified atom stereocenters. The molecule has 1 fully saturated rings. The predicted octanol–water partition coefficient (Wildman–Crippen LogP) is 2.97. The van der Waals surface area contributed by atoms with Crippen molar-refractivity contribution >= 4 is 25.6 Å². The fraction of sp³-hybridized carbons (Fsp3) is 0.591. The summed E-state index contributed by atoms with van der Waals surface area (Å²) in [6, 6.07) is 4.57. The fourth-order valence-electron chi connectivity index (χ4n) is 4.21. The molecule has 11 heteroatoms. The van der Waals surface area contributed by atoms with Gasteiger partial charge in [0.2, 0.25) is 5.91 Å². The van der Waals surface area contributed by atoms with Gasteiger partial charge < -0.3 is 20.7 Å². The molecule has 1 aliphatic rings. The Balaban J connectivity index is 2.09. The standard InChI is InChI=1S/C22H33N2O8P/c1-22(20(23)26,21(27)28)14-17(9-5-8-15-6-3-2-4-7-15)24-19(25)16-10-12-18(13-11-16)32-33(29,30)31/h10-13,15,17H,2-9,14H2,1H3,(H2,23,26)(H,24,25)(H,27,28)(H2,29,30,31)/t17?,22-/m0/s1. The van der Waals surface area contributed by atoms with E-state index in [1.807, 2.05) is 0 Å². The molecular weight excluding hydrogens is 451 g/mol. The smallest absolute Gasteiger partial charge is 0.480 e. The van der Waals surface area contributed by atoms with E-state index in [9.17, 15) is 24.1 Å². The van der Waals surface area contributed by atoms with Gasteiger partial charge in [-0.2, -0.15) is 0 Å². The number of benzene rings is 1. The average Bonchev–Trinajstić information content (AvgIpc) is 2.73. The highest BCUT2D eigenvalue weighted by Gasteiger charge is 2.42. The summed E-state index contributed by atoms with van der Waals surface area (Å²) in [6.45, 7) is 1.26. The van der Waals surface area contributed by atoms with Crippen molar-refractivity contribution < 1.29 is 38.4 Å². The number of hydrogen-bond acceptors (Lipinski definition) is 5. The molecule has 6 N–H and O–H groups in total. The maximum absolute atomic E-state index is 12.8. The van der Waals surface area contributed by atoms with Crippen LogP contribution in [-0.4, -0.2) is 38.7 Å². The molecule has 1 aliphatic carbocycles. The quantitative estimate of drug-likeness (QED) is 0.222. The van der Waals surface area contributed by atoms with Gasteiger partial charge in [-0.15, -0.1) is 0 Å². The second kappa shape index (κ2) is 11.6. The lowest BCUT2D eigenvalue weighted by molar-refractivity contribution is -0.154. The molecule has 0 spiro atoms. The summed E-state index contributed by atoms with van der Waals surface area (Å²) < 4.78 is 15.4. The van der Waals surface area contributed by atoms with Gasteiger partial charge >= 0.3 is 13.8 Å². The maximum atomic E-state index is 12.8. The molecule has 33 heavy (non-hydrogen) atoms. The second-order valence-corrected chi connectivity index (χ2v) is 10.1. The molecule has 0 saturated heterocycles. The largest absolute Gasteiger partial charge is 0.524 e. The average molecular weight is 484 g/mol. The number of hydrogen-bond donors (Lipinski definition) is 5. The van der Waals surface area contributed by atoms with E-state index >= 15 is 0 Å². The summed E-state index contributed by atoms with van der Waals surface area (Å²) >= 11 is 0. The van der Waals surface area contributed by atoms with Gasteiger partial charge in [0.15, 0.2) is 0 Å². The van der Waals surface area contributed by atoms with Crippen molar-refractivity contribution in [3.05, 3.63) is 29.8 Å². The summed E-state index contributed by atoms with van der Waals surface area (Å²) in [5, 5.41) is 12.4. The number of aliphatic carboxylic acids is 1. The first-order valence-corrected chi connectivity index (χ1v) is 12.6. The van der Waals surface area contributed by atoms with Crippen LogP contribution in [0.4, 0.5) is 0 Å². The van der Waals surface area contributed by atoms with Crippen molar-refractivity contribution in [3.63, 3.8) is 0 Å². The number of phosphoric acid groups is 1. The van der Waals surface area contributed by atoms with Gasteiger partial charge in [0, 0.05) is 11.6 Å². The lowest BCUT2D eigenvalue weighted by atomic mass is 9.80. The molecule has 0 aromatic heterocycles. The third-order valence-electron chi connectivity index (χ3n) is 6.24. The Bertz CT molecular complexity index is 863. The van der Waals surface area contributed by atoms with Crippen molar-refractivity contribution in [1.29, 1.82) is 0 Å². The number of carboxylic acid groups (broad SMARTS) is 1. The molecule has 184 valence electrons. The molecule has 0 bridgehead atoms. The Morgan fingerprint density at radius 3 is 2.30 bits per heavy atom. The maximum Gasteiger partial charge on any atom is 0.524 e. The number of nitrogens with two attached hydrogens (primary N) is 1. The third kappa shape index (κ3) is 8.46. The minimum absolute atomic E-state index is 0.101. The van der Waals surface area contributed by atoms with Crippen LogP contribution in [0.2, 0.25) is 0 Å². The number of carbonyl (C=O) groups excluding carboxylic acids is 2. The van der Waals surface area contributed by atoms with Gasteiger partial charge in [0.1, 0.15) is 11.2 Å². The van der Waals surface area contributed by atoms with Gasteiger partial charge in [-0.1, -0.05) is 44.9 Å². The first-order chi connectivity index (χ1) is 15.4. The molecular formula is C22H33N2O8P. The minimum Gasteiger partial charge on any atom is -0.480 e. The van der Waals surface area contributed by atoms with E-state index in [0.29, 0.717) is 12.3 Å². The summed E-state index contributed by atoms with van der Waals surface area (Å²) in [6.07, 6.45) is 8.13. The predicted molar refractivity (Wildman–Crippen MR) is 120 cm³/mol. The van der Waals surface area contributed by atoms with Crippen molar-refractivity contribution in [2.75, 3.05) is 0 Å². The monoisotopic (exact) mass is 484 g/mol. The molecule has 0 aliphatic heterocycles. The van der Waals surface area contributed by atoms with Crippen LogP contribution in [0, 0.1) is 11.3 Å². The number of rotatable bonds is 12. The zero-order valence-electron chi connectivity index (χ0n) is 18.7. The van der Waals surface area contributed by atoms with Crippen LogP contribution in [-0.2, 0) is 14.2 Å². The van der Waals surface area contributed by atoms with E-state index in [0.717, 1.165) is 12.8 Å². The Morgan fingerprint density at radius 1 is 1.18 bits per heavy atom. The number of phosphoric ester groups is 1. The Labute approximate surface area is 193 Å². The first-order valence-electron chi connectivity index (χ1n) is 11.1. The summed E-state index contributed by atoms with van der Waals surface area (Å²) in [5.41, 5.74) is 3.73. The Morgan fingerprint density at radius 2 is 1.79 bits per heavy atom. The summed E-state index contributed by atoms with van der Waals surface area (Å²) in [4.78, 5) is 54.1. The third-order valence-corrected chi connectivity index (χ3v) is 6.68. The number of amides is 2. The lowest BCUT2D eigenvalue weighted by Crippen LogP contribution is -2.47. The first kappa shape index (κ1) is 26.8. The zero-order chi connectivity index (χ0) is 24.6. The van der Waals surface area contributed by atoms with Crippen molar-refractivity contribution in [2.45, 2.75) is 70.8 Å². The summed E-state index contributed by atoms with van der Waals surface area (Å²) in [5.74, 6) is -2.30. The molecule has 1 aromatic carbocycles. The van der Waals surface area contributed by atoms with Crippen LogP contribution >= 0.6 is 7.82 Å². The van der Waals surface area contributed by atoms with E-state index in [-0.39, 0.29) is 17.7 Å². The SMILES string of the molecule is C[C@](CC(CCCC1CCCCC1)NC(=O)c1ccc(OP(=O)(O)O)cc1)(C(N)=O)C(=O)O. The van der Waals surface area contributed by atoms with Crippen LogP contribution in [0.5, 0.6) is 5.75 Å². The van der Waals surface area contributed by atoms with E-state index in [1.54, 1.807) is 0 Å². The van der Waals surface area contributed by atoms with E-state index in [4.69, 9.17) is 15.5 Å². The van der Waals surface area contributed by atoms with Crippen LogP contribution in [0.25, 0.3) is 0 Å². The van der Waals surface area contributed by atoms with Gasteiger partial charge in [-0.05, 0) is 49.9 Å². The molecule has 2 amide bonds. The number of carboxylic acids is 1. The summed E-state index contributed by atoms with van der Waals surface area (Å²) in [7, 11) is -4.72. The van der Waals surface area contributed by atoms with Crippen molar-refractivity contribution in [3.8, 4) is 5.75 Å². The second-order valence-electron chi connectivity index (χ2n) is 8.92. The highest BCUT2D eigenvalue weighted by molar-refractivity contribution is 7.46. The number of nitrogens with one attached hydrogen (secondary N) is 1. The lowest BCUT2D eigenvalue weighted by Gasteiger charge is -2.28. The highest BCUT2D eigenvalue weighted by Crippen LogP contribution is 2.37. The van der Waals surface area contributed by atoms with E-state index in [1.165, 1.54) is 63.3 Å². The fourth-order valence-corrected chi connectivity index (χ4v) is 4.61. The van der Waals surface area contributed by atoms with Crippen LogP contribution in [0.1, 0.15) is 75.1 Å². The molecule has 10 nitrogen and oxygen atoms in total. The van der Waals surface area contributed by atoms with Crippen LogP contribution in [0.15, 0.2) is 24.3 Å². The van der Waals surface area contributed by atoms with Crippen LogP contribution < -0.4 is 15.6 Å². The van der Waals surface area contributed by atoms with Gasteiger partial charge in [-0.25, -0.2) is 4.57 Å². The van der Waals surface area contributed by atoms with Crippen LogP contribution in [0.3, 0.4) is 0 Å². The topological polar surface area (TPSA) is 176 Å². The van der Waals surface area contributed by atoms with Gasteiger partial charge in [0.25, 0.3) is 5.91 Å². The molecule has 0 radical (unpaired) electrons. The van der Waals surface area contributed by atoms with E-state index < -0.39 is 37.1 Å². The van der Waals surface area contributed by atoms with Gasteiger partial charge in [-0.3, -0.25) is 24.2 Å². The molecule has 0 heterocycles. The van der Waals surface area contributed by atoms with Gasteiger partial charge in [0.05, 0.1) is 0 Å². The zero-order valence-corrected chi connectivity index (χ0v) is 19.6. The molecule has 1 aromatic rings. The molecule has 1 saturated carbocycles. The molecule has 2 atom stereocenters. The van der Waals surface area contributed by atoms with E-state index in [2.05, 4.69) is 9.84 Å². The number of primary amides is 1. The van der Waals surface area contributed by atoms with Crippen molar-refractivity contribution in [1.82, 2.24) is 5.32 Å². The van der Waals surface area contributed by atoms with Crippen molar-refractivity contribution in [2.24, 2.45) is 17.1 Å². The number of carbonyl (C=O) groups is 3. The Hall–Kier alpha value is -2.42. The minimum atomic E-state index is -4.72. The molecule has 2 rings (SSSR count). The normalized spacial score (nSPS) is 17.5. The Kier molecular flexibility index (Phi) is 9.46. The highest BCUT2D eigenvalue weighted by atomic mass is 31.2.